The van der Waals surface area contributed by atoms with E-state index in [9.17, 15) is 0 Å². The summed E-state index contributed by atoms with van der Waals surface area (Å²) in [5.41, 5.74) is 7.82. The SMILES string of the molecule is COc1ccc2c(c1)CC(C)(C)C(c1ccccc1NC(C)Cc1ccc(OCCN3CCCCCC3)cc1)=C2. The van der Waals surface area contributed by atoms with Gasteiger partial charge in [-0.1, -0.05) is 69.2 Å². The molecule has 3 aromatic rings. The molecule has 0 aromatic heterocycles. The van der Waals surface area contributed by atoms with E-state index in [0.717, 1.165) is 37.5 Å². The number of fused-ring (bicyclic) bond motifs is 1. The molecule has 4 heteroatoms. The van der Waals surface area contributed by atoms with E-state index >= 15 is 0 Å². The van der Waals surface area contributed by atoms with E-state index in [4.69, 9.17) is 9.47 Å². The predicted molar refractivity (Wildman–Crippen MR) is 168 cm³/mol. The maximum atomic E-state index is 6.07. The highest BCUT2D eigenvalue weighted by molar-refractivity contribution is 5.91. The summed E-state index contributed by atoms with van der Waals surface area (Å²) in [5.74, 6) is 1.89. The van der Waals surface area contributed by atoms with E-state index in [1.165, 1.54) is 72.3 Å². The second-order valence-electron chi connectivity index (χ2n) is 12.2. The third kappa shape index (κ3) is 7.09. The third-order valence-corrected chi connectivity index (χ3v) is 8.47. The molecule has 40 heavy (non-hydrogen) atoms. The van der Waals surface area contributed by atoms with Crippen LogP contribution in [0.3, 0.4) is 0 Å². The molecule has 1 aliphatic carbocycles. The first kappa shape index (κ1) is 28.3. The van der Waals surface area contributed by atoms with Crippen molar-refractivity contribution >= 4 is 17.3 Å². The molecule has 1 N–H and O–H groups in total. The van der Waals surface area contributed by atoms with E-state index in [2.05, 4.69) is 104 Å². The summed E-state index contributed by atoms with van der Waals surface area (Å²) in [7, 11) is 1.74. The maximum absolute atomic E-state index is 6.07. The fourth-order valence-electron chi connectivity index (χ4n) is 6.26. The maximum Gasteiger partial charge on any atom is 0.119 e. The van der Waals surface area contributed by atoms with Gasteiger partial charge in [0.1, 0.15) is 18.1 Å². The molecule has 1 aliphatic heterocycles. The van der Waals surface area contributed by atoms with Gasteiger partial charge in [-0.25, -0.2) is 0 Å². The zero-order valence-corrected chi connectivity index (χ0v) is 24.8. The Bertz CT molecular complexity index is 1290. The molecule has 1 unspecified atom stereocenters. The van der Waals surface area contributed by atoms with Crippen LogP contribution in [0.25, 0.3) is 11.6 Å². The Hall–Kier alpha value is -3.24. The zero-order valence-electron chi connectivity index (χ0n) is 24.8. The van der Waals surface area contributed by atoms with Crippen LogP contribution in [0.2, 0.25) is 0 Å². The van der Waals surface area contributed by atoms with Crippen molar-refractivity contribution in [3.8, 4) is 11.5 Å². The van der Waals surface area contributed by atoms with Crippen molar-refractivity contribution in [2.75, 3.05) is 38.7 Å². The number of anilines is 1. The fourth-order valence-corrected chi connectivity index (χ4v) is 6.26. The summed E-state index contributed by atoms with van der Waals surface area (Å²) in [4.78, 5) is 2.55. The summed E-state index contributed by atoms with van der Waals surface area (Å²) in [6, 6.07) is 24.1. The van der Waals surface area contributed by atoms with Crippen molar-refractivity contribution in [3.63, 3.8) is 0 Å². The lowest BCUT2D eigenvalue weighted by Gasteiger charge is -2.35. The molecular weight excluding hydrogens is 492 g/mol. The van der Waals surface area contributed by atoms with Crippen molar-refractivity contribution < 1.29 is 9.47 Å². The molecule has 1 atom stereocenters. The number of allylic oxidation sites excluding steroid dienone is 1. The standard InChI is InChI=1S/C36H46N2O2/c1-27(23-28-13-16-31(17-14-28)40-22-21-38-19-9-5-6-10-20-38)37-35-12-8-7-11-33(35)34-25-29-15-18-32(39-4)24-30(29)26-36(34,2)3/h7-8,11-18,24-25,27,37H,5-6,9-10,19-23,26H2,1-4H3. The fraction of sp³-hybridized carbons (Fsp3) is 0.444. The molecule has 1 fully saturated rings. The number of nitrogens with zero attached hydrogens (tertiary/aromatic N) is 1. The Morgan fingerprint density at radius 2 is 1.62 bits per heavy atom. The van der Waals surface area contributed by atoms with Crippen LogP contribution in [0, 0.1) is 5.41 Å². The van der Waals surface area contributed by atoms with Gasteiger partial charge in [-0.3, -0.25) is 4.90 Å². The van der Waals surface area contributed by atoms with Gasteiger partial charge in [-0.2, -0.15) is 0 Å². The first-order chi connectivity index (χ1) is 19.4. The molecule has 1 heterocycles. The van der Waals surface area contributed by atoms with Crippen molar-refractivity contribution in [3.05, 3.63) is 89.0 Å². The second kappa shape index (κ2) is 13.0. The first-order valence-electron chi connectivity index (χ1n) is 15.1. The predicted octanol–water partition coefficient (Wildman–Crippen LogP) is 8.12. The van der Waals surface area contributed by atoms with Crippen molar-refractivity contribution in [2.24, 2.45) is 5.41 Å². The summed E-state index contributed by atoms with van der Waals surface area (Å²) in [6.07, 6.45) is 9.70. The number of methoxy groups -OCH3 is 1. The molecule has 0 saturated carbocycles. The molecule has 3 aromatic carbocycles. The van der Waals surface area contributed by atoms with Crippen molar-refractivity contribution in [1.29, 1.82) is 0 Å². The molecule has 4 nitrogen and oxygen atoms in total. The number of benzene rings is 3. The van der Waals surface area contributed by atoms with E-state index in [0.29, 0.717) is 6.04 Å². The van der Waals surface area contributed by atoms with E-state index in [-0.39, 0.29) is 5.41 Å². The van der Waals surface area contributed by atoms with Gasteiger partial charge in [0.05, 0.1) is 7.11 Å². The minimum atomic E-state index is 0.0173. The lowest BCUT2D eigenvalue weighted by atomic mass is 9.70. The summed E-state index contributed by atoms with van der Waals surface area (Å²) < 4.78 is 11.6. The van der Waals surface area contributed by atoms with Crippen LogP contribution in [0.5, 0.6) is 11.5 Å². The molecular formula is C36H46N2O2. The highest BCUT2D eigenvalue weighted by Gasteiger charge is 2.31. The Morgan fingerprint density at radius 3 is 2.38 bits per heavy atom. The number of rotatable bonds is 10. The smallest absolute Gasteiger partial charge is 0.119 e. The lowest BCUT2D eigenvalue weighted by Crippen LogP contribution is -2.29. The topological polar surface area (TPSA) is 33.7 Å². The highest BCUT2D eigenvalue weighted by Crippen LogP contribution is 2.46. The van der Waals surface area contributed by atoms with Crippen LogP contribution in [-0.2, 0) is 12.8 Å². The van der Waals surface area contributed by atoms with Gasteiger partial charge in [0.2, 0.25) is 0 Å². The molecule has 212 valence electrons. The third-order valence-electron chi connectivity index (χ3n) is 8.47. The average Bonchev–Trinajstić information content (AvgIpc) is 3.22. The molecule has 0 spiro atoms. The van der Waals surface area contributed by atoms with Crippen molar-refractivity contribution in [1.82, 2.24) is 4.90 Å². The number of likely N-dealkylation sites (tertiary alicyclic amines) is 1. The quantitative estimate of drug-likeness (QED) is 0.283. The number of para-hydroxylation sites is 1. The molecule has 0 bridgehead atoms. The Labute approximate surface area is 241 Å². The van der Waals surface area contributed by atoms with Crippen LogP contribution in [-0.4, -0.2) is 44.3 Å². The van der Waals surface area contributed by atoms with Crippen molar-refractivity contribution in [2.45, 2.75) is 65.3 Å². The summed E-state index contributed by atoms with van der Waals surface area (Å²) >= 11 is 0. The van der Waals surface area contributed by atoms with Gasteiger partial charge in [0.25, 0.3) is 0 Å². The highest BCUT2D eigenvalue weighted by atomic mass is 16.5. The minimum Gasteiger partial charge on any atom is -0.497 e. The number of hydrogen-bond acceptors (Lipinski definition) is 4. The first-order valence-corrected chi connectivity index (χ1v) is 15.1. The van der Waals surface area contributed by atoms with Gasteiger partial charge in [0.15, 0.2) is 0 Å². The van der Waals surface area contributed by atoms with Crippen LogP contribution in [0.15, 0.2) is 66.7 Å². The van der Waals surface area contributed by atoms with Crippen LogP contribution in [0.4, 0.5) is 5.69 Å². The van der Waals surface area contributed by atoms with Crippen LogP contribution in [0.1, 0.15) is 68.7 Å². The van der Waals surface area contributed by atoms with E-state index in [1.807, 2.05) is 0 Å². The molecule has 5 rings (SSSR count). The largest absolute Gasteiger partial charge is 0.497 e. The second-order valence-corrected chi connectivity index (χ2v) is 12.2. The Balaban J connectivity index is 1.21. The Morgan fingerprint density at radius 1 is 0.900 bits per heavy atom. The number of hydrogen-bond donors (Lipinski definition) is 1. The normalized spacial score (nSPS) is 17.8. The van der Waals surface area contributed by atoms with Crippen LogP contribution < -0.4 is 14.8 Å². The Kier molecular flexibility index (Phi) is 9.16. The van der Waals surface area contributed by atoms with E-state index in [1.54, 1.807) is 7.11 Å². The monoisotopic (exact) mass is 538 g/mol. The van der Waals surface area contributed by atoms with E-state index < -0.39 is 0 Å². The van der Waals surface area contributed by atoms with Crippen LogP contribution >= 0.6 is 0 Å². The molecule has 0 radical (unpaired) electrons. The lowest BCUT2D eigenvalue weighted by molar-refractivity contribution is 0.214. The van der Waals surface area contributed by atoms with Gasteiger partial charge in [-0.05, 0) is 104 Å². The molecule has 1 saturated heterocycles. The molecule has 2 aliphatic rings. The average molecular weight is 539 g/mol. The van der Waals surface area contributed by atoms with Gasteiger partial charge in [0, 0.05) is 23.8 Å². The zero-order chi connectivity index (χ0) is 28.0. The number of nitrogens with one attached hydrogen (secondary N) is 1. The minimum absolute atomic E-state index is 0.0173. The summed E-state index contributed by atoms with van der Waals surface area (Å²) in [6.45, 7) is 11.2. The van der Waals surface area contributed by atoms with Gasteiger partial charge in [-0.15, -0.1) is 0 Å². The van der Waals surface area contributed by atoms with Gasteiger partial charge >= 0.3 is 0 Å². The number of ether oxygens (including phenoxy) is 2. The van der Waals surface area contributed by atoms with Gasteiger partial charge < -0.3 is 14.8 Å². The molecule has 0 amide bonds. The summed E-state index contributed by atoms with van der Waals surface area (Å²) in [5, 5.41) is 3.83.